The van der Waals surface area contributed by atoms with Crippen LogP contribution in [0.2, 0.25) is 0 Å². The van der Waals surface area contributed by atoms with Crippen LogP contribution in [0.4, 0.5) is 5.69 Å². The molecule has 17 heavy (non-hydrogen) atoms. The molecule has 3 N–H and O–H groups in total. The first kappa shape index (κ1) is 12.1. The van der Waals surface area contributed by atoms with Crippen molar-refractivity contribution in [2.24, 2.45) is 0 Å². The SMILES string of the molecule is C=C(C#N)CN1Cc2c(Br)ccc(N)c2C1O. The summed E-state index contributed by atoms with van der Waals surface area (Å²) < 4.78 is 0.922. The first-order valence-electron chi connectivity index (χ1n) is 5.11. The fourth-order valence-corrected chi connectivity index (χ4v) is 2.49. The zero-order valence-electron chi connectivity index (χ0n) is 9.15. The lowest BCUT2D eigenvalue weighted by Gasteiger charge is -2.19. The highest BCUT2D eigenvalue weighted by Crippen LogP contribution is 2.39. The maximum atomic E-state index is 10.2. The Kier molecular flexibility index (Phi) is 3.20. The third-order valence-corrected chi connectivity index (χ3v) is 3.59. The number of nitrogen functional groups attached to an aromatic ring is 1. The average Bonchev–Trinajstić information content (AvgIpc) is 2.63. The molecular formula is C12H12BrN3O. The van der Waals surface area contributed by atoms with E-state index in [0.29, 0.717) is 24.4 Å². The predicted molar refractivity (Wildman–Crippen MR) is 68.7 cm³/mol. The summed E-state index contributed by atoms with van der Waals surface area (Å²) in [5, 5.41) is 18.9. The Balaban J connectivity index is 2.33. The zero-order valence-corrected chi connectivity index (χ0v) is 10.7. The van der Waals surface area contributed by atoms with Crippen LogP contribution in [0.1, 0.15) is 17.4 Å². The minimum Gasteiger partial charge on any atom is -0.398 e. The number of aliphatic hydroxyl groups is 1. The van der Waals surface area contributed by atoms with Gasteiger partial charge in [-0.05, 0) is 17.7 Å². The number of aliphatic hydroxyl groups excluding tert-OH is 1. The summed E-state index contributed by atoms with van der Waals surface area (Å²) in [4.78, 5) is 1.76. The van der Waals surface area contributed by atoms with Crippen molar-refractivity contribution >= 4 is 21.6 Å². The highest BCUT2D eigenvalue weighted by atomic mass is 79.9. The Labute approximate surface area is 108 Å². The first-order chi connectivity index (χ1) is 8.04. The summed E-state index contributed by atoms with van der Waals surface area (Å²) in [6.07, 6.45) is -0.771. The molecule has 2 rings (SSSR count). The van der Waals surface area contributed by atoms with E-state index in [1.165, 1.54) is 0 Å². The largest absolute Gasteiger partial charge is 0.398 e. The molecule has 0 aliphatic carbocycles. The van der Waals surface area contributed by atoms with E-state index in [9.17, 15) is 5.11 Å². The number of hydrogen-bond donors (Lipinski definition) is 2. The minimum absolute atomic E-state index is 0.345. The number of halogens is 1. The number of fused-ring (bicyclic) bond motifs is 1. The third kappa shape index (κ3) is 2.07. The lowest BCUT2D eigenvalue weighted by Crippen LogP contribution is -2.24. The van der Waals surface area contributed by atoms with Crippen LogP contribution in [0, 0.1) is 11.3 Å². The maximum Gasteiger partial charge on any atom is 0.136 e. The van der Waals surface area contributed by atoms with Crippen LogP contribution in [-0.2, 0) is 6.54 Å². The van der Waals surface area contributed by atoms with Gasteiger partial charge in [0.2, 0.25) is 0 Å². The van der Waals surface area contributed by atoms with E-state index in [2.05, 4.69) is 22.5 Å². The standard InChI is InChI=1S/C12H12BrN3O/c1-7(4-14)5-16-6-8-9(13)2-3-10(15)11(8)12(16)17/h2-3,12,17H,1,5-6,15H2. The molecule has 0 radical (unpaired) electrons. The highest BCUT2D eigenvalue weighted by Gasteiger charge is 2.31. The van der Waals surface area contributed by atoms with Crippen LogP contribution in [0.25, 0.3) is 0 Å². The Bertz CT molecular complexity index is 521. The van der Waals surface area contributed by atoms with E-state index in [1.54, 1.807) is 11.0 Å². The summed E-state index contributed by atoms with van der Waals surface area (Å²) in [6.45, 7) is 4.53. The molecule has 0 bridgehead atoms. The number of anilines is 1. The first-order valence-corrected chi connectivity index (χ1v) is 5.90. The summed E-state index contributed by atoms with van der Waals surface area (Å²) in [7, 11) is 0. The zero-order chi connectivity index (χ0) is 12.6. The summed E-state index contributed by atoms with van der Waals surface area (Å²) in [5.41, 5.74) is 8.56. The van der Waals surface area contributed by atoms with Crippen molar-refractivity contribution in [2.75, 3.05) is 12.3 Å². The average molecular weight is 294 g/mol. The molecule has 1 unspecified atom stereocenters. The molecule has 1 heterocycles. The van der Waals surface area contributed by atoms with Crippen LogP contribution >= 0.6 is 15.9 Å². The Morgan fingerprint density at radius 1 is 1.71 bits per heavy atom. The number of nitriles is 1. The summed E-state index contributed by atoms with van der Waals surface area (Å²) in [6, 6.07) is 5.60. The van der Waals surface area contributed by atoms with Gasteiger partial charge in [0.1, 0.15) is 6.23 Å². The van der Waals surface area contributed by atoms with Gasteiger partial charge >= 0.3 is 0 Å². The summed E-state index contributed by atoms with van der Waals surface area (Å²) >= 11 is 3.44. The summed E-state index contributed by atoms with van der Waals surface area (Å²) in [5.74, 6) is 0. The quantitative estimate of drug-likeness (QED) is 0.645. The Hall–Kier alpha value is -1.35. The molecule has 4 nitrogen and oxygen atoms in total. The molecule has 1 aromatic rings. The van der Waals surface area contributed by atoms with Crippen LogP contribution < -0.4 is 5.73 Å². The normalized spacial score (nSPS) is 18.8. The number of nitrogens with zero attached hydrogens (tertiary/aromatic N) is 2. The van der Waals surface area contributed by atoms with Crippen molar-refractivity contribution in [1.29, 1.82) is 5.26 Å². The molecule has 0 aromatic heterocycles. The number of nitrogens with two attached hydrogens (primary N) is 1. The van der Waals surface area contributed by atoms with Crippen LogP contribution in [-0.4, -0.2) is 16.6 Å². The Morgan fingerprint density at radius 3 is 3.00 bits per heavy atom. The monoisotopic (exact) mass is 293 g/mol. The van der Waals surface area contributed by atoms with E-state index in [-0.39, 0.29) is 0 Å². The van der Waals surface area contributed by atoms with Gasteiger partial charge in [-0.25, -0.2) is 0 Å². The van der Waals surface area contributed by atoms with E-state index >= 15 is 0 Å². The second-order valence-electron chi connectivity index (χ2n) is 4.02. The van der Waals surface area contributed by atoms with E-state index in [4.69, 9.17) is 11.0 Å². The molecule has 88 valence electrons. The van der Waals surface area contributed by atoms with Gasteiger partial charge in [-0.1, -0.05) is 22.5 Å². The molecule has 5 heteroatoms. The number of hydrogen-bond acceptors (Lipinski definition) is 4. The second kappa shape index (κ2) is 4.49. The molecule has 0 amide bonds. The third-order valence-electron chi connectivity index (χ3n) is 2.85. The van der Waals surface area contributed by atoms with E-state index < -0.39 is 6.23 Å². The predicted octanol–water partition coefficient (Wildman–Crippen LogP) is 1.92. The molecule has 0 fully saturated rings. The van der Waals surface area contributed by atoms with Gasteiger partial charge in [0.25, 0.3) is 0 Å². The van der Waals surface area contributed by atoms with Crippen molar-refractivity contribution in [1.82, 2.24) is 4.90 Å². The highest BCUT2D eigenvalue weighted by molar-refractivity contribution is 9.10. The second-order valence-corrected chi connectivity index (χ2v) is 4.88. The van der Waals surface area contributed by atoms with Crippen molar-refractivity contribution < 1.29 is 5.11 Å². The van der Waals surface area contributed by atoms with Gasteiger partial charge in [0.15, 0.2) is 0 Å². The molecule has 0 spiro atoms. The van der Waals surface area contributed by atoms with Crippen molar-refractivity contribution in [3.63, 3.8) is 0 Å². The fourth-order valence-electron chi connectivity index (χ4n) is 2.02. The minimum atomic E-state index is -0.771. The van der Waals surface area contributed by atoms with E-state index in [1.807, 2.05) is 12.1 Å². The van der Waals surface area contributed by atoms with E-state index in [0.717, 1.165) is 15.6 Å². The van der Waals surface area contributed by atoms with Gasteiger partial charge in [-0.2, -0.15) is 5.26 Å². The number of rotatable bonds is 2. The van der Waals surface area contributed by atoms with Gasteiger partial charge in [0.05, 0.1) is 6.07 Å². The molecule has 1 aliphatic rings. The van der Waals surface area contributed by atoms with Gasteiger partial charge in [-0.15, -0.1) is 0 Å². The van der Waals surface area contributed by atoms with Gasteiger partial charge < -0.3 is 10.8 Å². The topological polar surface area (TPSA) is 73.3 Å². The lowest BCUT2D eigenvalue weighted by atomic mass is 10.1. The van der Waals surface area contributed by atoms with Crippen LogP contribution in [0.3, 0.4) is 0 Å². The smallest absolute Gasteiger partial charge is 0.136 e. The fraction of sp³-hybridized carbons (Fsp3) is 0.250. The molecule has 0 saturated heterocycles. The number of benzene rings is 1. The van der Waals surface area contributed by atoms with Gasteiger partial charge in [-0.3, -0.25) is 4.90 Å². The molecule has 1 atom stereocenters. The van der Waals surface area contributed by atoms with Crippen molar-refractivity contribution in [3.05, 3.63) is 39.9 Å². The Morgan fingerprint density at radius 2 is 2.41 bits per heavy atom. The molecular weight excluding hydrogens is 282 g/mol. The van der Waals surface area contributed by atoms with Gasteiger partial charge in [0, 0.05) is 34.4 Å². The van der Waals surface area contributed by atoms with Crippen LogP contribution in [0.15, 0.2) is 28.8 Å². The van der Waals surface area contributed by atoms with Crippen LogP contribution in [0.5, 0.6) is 0 Å². The maximum absolute atomic E-state index is 10.2. The van der Waals surface area contributed by atoms with Crippen molar-refractivity contribution in [2.45, 2.75) is 12.8 Å². The molecule has 1 aliphatic heterocycles. The molecule has 0 saturated carbocycles. The molecule has 1 aromatic carbocycles. The van der Waals surface area contributed by atoms with Crippen molar-refractivity contribution in [3.8, 4) is 6.07 Å². The lowest BCUT2D eigenvalue weighted by molar-refractivity contribution is 0.0217.